The predicted octanol–water partition coefficient (Wildman–Crippen LogP) is 3.76. The zero-order valence-corrected chi connectivity index (χ0v) is 12.8. The SMILES string of the molecule is Cc1ccc(F)c(C(=O)C2CCOC3(CCSC3)C2)c1F. The molecule has 1 aromatic carbocycles. The summed E-state index contributed by atoms with van der Waals surface area (Å²) in [6.45, 7) is 2.04. The van der Waals surface area contributed by atoms with Crippen LogP contribution >= 0.6 is 11.8 Å². The summed E-state index contributed by atoms with van der Waals surface area (Å²) in [6.07, 6.45) is 2.03. The van der Waals surface area contributed by atoms with Crippen LogP contribution in [0.15, 0.2) is 12.1 Å². The minimum atomic E-state index is -0.760. The van der Waals surface area contributed by atoms with Crippen molar-refractivity contribution in [3.05, 3.63) is 34.9 Å². The molecule has 0 aliphatic carbocycles. The lowest BCUT2D eigenvalue weighted by Crippen LogP contribution is -2.42. The molecule has 0 saturated carbocycles. The van der Waals surface area contributed by atoms with Crippen molar-refractivity contribution >= 4 is 17.5 Å². The van der Waals surface area contributed by atoms with Crippen LogP contribution in [-0.4, -0.2) is 29.5 Å². The highest BCUT2D eigenvalue weighted by molar-refractivity contribution is 7.99. The van der Waals surface area contributed by atoms with Gasteiger partial charge in [0.2, 0.25) is 0 Å². The highest BCUT2D eigenvalue weighted by Crippen LogP contribution is 2.41. The molecule has 1 spiro atoms. The van der Waals surface area contributed by atoms with E-state index >= 15 is 0 Å². The summed E-state index contributed by atoms with van der Waals surface area (Å²) in [4.78, 5) is 12.6. The molecule has 0 radical (unpaired) electrons. The molecule has 2 fully saturated rings. The zero-order valence-electron chi connectivity index (χ0n) is 12.0. The molecule has 21 heavy (non-hydrogen) atoms. The van der Waals surface area contributed by atoms with Crippen LogP contribution in [-0.2, 0) is 4.74 Å². The first-order valence-corrected chi connectivity index (χ1v) is 8.38. The number of aryl methyl sites for hydroxylation is 1. The van der Waals surface area contributed by atoms with E-state index in [1.54, 1.807) is 6.92 Å². The lowest BCUT2D eigenvalue weighted by molar-refractivity contribution is -0.0735. The van der Waals surface area contributed by atoms with Crippen LogP contribution in [0.1, 0.15) is 35.2 Å². The van der Waals surface area contributed by atoms with E-state index < -0.39 is 17.4 Å². The van der Waals surface area contributed by atoms with E-state index in [0.29, 0.717) is 25.0 Å². The molecule has 2 aliphatic rings. The largest absolute Gasteiger partial charge is 0.374 e. The molecule has 2 unspecified atom stereocenters. The number of hydrogen-bond acceptors (Lipinski definition) is 3. The molecular formula is C16H18F2O2S. The minimum absolute atomic E-state index is 0.264. The van der Waals surface area contributed by atoms with Gasteiger partial charge in [0.1, 0.15) is 11.6 Å². The van der Waals surface area contributed by atoms with Crippen molar-refractivity contribution in [1.82, 2.24) is 0 Å². The van der Waals surface area contributed by atoms with Crippen LogP contribution < -0.4 is 0 Å². The number of hydrogen-bond donors (Lipinski definition) is 0. The van der Waals surface area contributed by atoms with Gasteiger partial charge in [-0.05, 0) is 43.6 Å². The van der Waals surface area contributed by atoms with Crippen LogP contribution in [0.3, 0.4) is 0 Å². The van der Waals surface area contributed by atoms with E-state index in [0.717, 1.165) is 17.9 Å². The number of carbonyl (C=O) groups is 1. The van der Waals surface area contributed by atoms with Crippen molar-refractivity contribution in [2.45, 2.75) is 31.8 Å². The second-order valence-corrected chi connectivity index (χ2v) is 7.05. The molecule has 2 nitrogen and oxygen atoms in total. The van der Waals surface area contributed by atoms with Crippen molar-refractivity contribution in [3.8, 4) is 0 Å². The number of ketones is 1. The number of benzene rings is 1. The van der Waals surface area contributed by atoms with E-state index in [4.69, 9.17) is 4.74 Å². The Labute approximate surface area is 127 Å². The lowest BCUT2D eigenvalue weighted by atomic mass is 9.81. The molecule has 5 heteroatoms. The molecule has 2 heterocycles. The van der Waals surface area contributed by atoms with E-state index in [2.05, 4.69) is 0 Å². The molecule has 0 amide bonds. The summed E-state index contributed by atoms with van der Waals surface area (Å²) in [6, 6.07) is 2.53. The van der Waals surface area contributed by atoms with E-state index in [1.807, 2.05) is 11.8 Å². The van der Waals surface area contributed by atoms with Crippen molar-refractivity contribution in [2.75, 3.05) is 18.1 Å². The Balaban J connectivity index is 1.87. The first-order chi connectivity index (χ1) is 10.0. The zero-order chi connectivity index (χ0) is 15.0. The topological polar surface area (TPSA) is 26.3 Å². The highest BCUT2D eigenvalue weighted by Gasteiger charge is 2.43. The number of halogens is 2. The molecule has 1 aromatic rings. The van der Waals surface area contributed by atoms with Gasteiger partial charge in [0, 0.05) is 18.3 Å². The quantitative estimate of drug-likeness (QED) is 0.778. The van der Waals surface area contributed by atoms with E-state index in [9.17, 15) is 13.6 Å². The lowest BCUT2D eigenvalue weighted by Gasteiger charge is -2.37. The fourth-order valence-corrected chi connectivity index (χ4v) is 4.58. The molecule has 0 aromatic heterocycles. The Morgan fingerprint density at radius 3 is 2.95 bits per heavy atom. The fraction of sp³-hybridized carbons (Fsp3) is 0.562. The van der Waals surface area contributed by atoms with Gasteiger partial charge in [-0.3, -0.25) is 4.79 Å². The molecule has 114 valence electrons. The van der Waals surface area contributed by atoms with Crippen molar-refractivity contribution < 1.29 is 18.3 Å². The second-order valence-electron chi connectivity index (χ2n) is 5.94. The van der Waals surface area contributed by atoms with Crippen molar-refractivity contribution in [2.24, 2.45) is 5.92 Å². The van der Waals surface area contributed by atoms with Crippen LogP contribution in [0.2, 0.25) is 0 Å². The smallest absolute Gasteiger partial charge is 0.172 e. The second kappa shape index (κ2) is 5.69. The molecule has 2 aliphatic heterocycles. The normalized spacial score (nSPS) is 29.0. The number of rotatable bonds is 2. The van der Waals surface area contributed by atoms with Crippen LogP contribution in [0, 0.1) is 24.5 Å². The Bertz CT molecular complexity index is 568. The fourth-order valence-electron chi connectivity index (χ4n) is 3.20. The third-order valence-corrected chi connectivity index (χ3v) is 5.68. The number of thioether (sulfide) groups is 1. The molecular weight excluding hydrogens is 294 g/mol. The van der Waals surface area contributed by atoms with Crippen LogP contribution in [0.4, 0.5) is 8.78 Å². The minimum Gasteiger partial charge on any atom is -0.374 e. The summed E-state index contributed by atoms with van der Waals surface area (Å²) in [7, 11) is 0. The van der Waals surface area contributed by atoms with Gasteiger partial charge < -0.3 is 4.74 Å². The van der Waals surface area contributed by atoms with Gasteiger partial charge in [-0.15, -0.1) is 0 Å². The van der Waals surface area contributed by atoms with E-state index in [1.165, 1.54) is 12.1 Å². The van der Waals surface area contributed by atoms with Gasteiger partial charge in [0.15, 0.2) is 5.78 Å². The Morgan fingerprint density at radius 1 is 1.43 bits per heavy atom. The Morgan fingerprint density at radius 2 is 2.24 bits per heavy atom. The summed E-state index contributed by atoms with van der Waals surface area (Å²) < 4.78 is 33.9. The van der Waals surface area contributed by atoms with Gasteiger partial charge in [0.25, 0.3) is 0 Å². The summed E-state index contributed by atoms with van der Waals surface area (Å²) in [5.41, 5.74) is -0.333. The van der Waals surface area contributed by atoms with Gasteiger partial charge >= 0.3 is 0 Å². The Hall–Kier alpha value is -0.940. The maximum Gasteiger partial charge on any atom is 0.172 e. The standard InChI is InChI=1S/C16H18F2O2S/c1-10-2-3-12(17)13(14(10)18)15(19)11-4-6-20-16(8-11)5-7-21-9-16/h2-3,11H,4-9H2,1H3. The number of ether oxygens (including phenoxy) is 1. The van der Waals surface area contributed by atoms with Crippen molar-refractivity contribution in [3.63, 3.8) is 0 Å². The molecule has 0 N–H and O–H groups in total. The monoisotopic (exact) mass is 312 g/mol. The van der Waals surface area contributed by atoms with E-state index in [-0.39, 0.29) is 17.1 Å². The number of carbonyl (C=O) groups excluding carboxylic acids is 1. The molecule has 3 rings (SSSR count). The molecule has 0 bridgehead atoms. The van der Waals surface area contributed by atoms with Crippen LogP contribution in [0.5, 0.6) is 0 Å². The maximum atomic E-state index is 14.1. The average Bonchev–Trinajstić information content (AvgIpc) is 2.91. The van der Waals surface area contributed by atoms with Gasteiger partial charge in [-0.25, -0.2) is 8.78 Å². The highest BCUT2D eigenvalue weighted by atomic mass is 32.2. The number of Topliss-reactive ketones (excluding diaryl/α,β-unsaturated/α-hetero) is 1. The van der Waals surface area contributed by atoms with Gasteiger partial charge in [-0.2, -0.15) is 11.8 Å². The Kier molecular flexibility index (Phi) is 4.06. The van der Waals surface area contributed by atoms with Gasteiger partial charge in [0.05, 0.1) is 11.2 Å². The third kappa shape index (κ3) is 2.73. The summed E-state index contributed by atoms with van der Waals surface area (Å²) in [5.74, 6) is -0.341. The van der Waals surface area contributed by atoms with Crippen molar-refractivity contribution in [1.29, 1.82) is 0 Å². The average molecular weight is 312 g/mol. The molecule has 2 saturated heterocycles. The summed E-state index contributed by atoms with van der Waals surface area (Å²) >= 11 is 1.81. The first kappa shape index (κ1) is 15.0. The maximum absolute atomic E-state index is 14.1. The summed E-state index contributed by atoms with van der Waals surface area (Å²) in [5, 5.41) is 0. The third-order valence-electron chi connectivity index (χ3n) is 4.46. The molecule has 2 atom stereocenters. The first-order valence-electron chi connectivity index (χ1n) is 7.23. The van der Waals surface area contributed by atoms with Gasteiger partial charge in [-0.1, -0.05) is 6.07 Å². The van der Waals surface area contributed by atoms with Crippen LogP contribution in [0.25, 0.3) is 0 Å². The predicted molar refractivity (Wildman–Crippen MR) is 78.8 cm³/mol.